The van der Waals surface area contributed by atoms with Crippen LogP contribution in [0.3, 0.4) is 0 Å². The van der Waals surface area contributed by atoms with Gasteiger partial charge >= 0.3 is 0 Å². The van der Waals surface area contributed by atoms with Crippen LogP contribution in [0.2, 0.25) is 0 Å². The maximum atomic E-state index is 9.74. The van der Waals surface area contributed by atoms with E-state index in [0.29, 0.717) is 13.2 Å². The summed E-state index contributed by atoms with van der Waals surface area (Å²) >= 11 is 0. The summed E-state index contributed by atoms with van der Waals surface area (Å²) < 4.78 is 11.7. The van der Waals surface area contributed by atoms with Gasteiger partial charge in [0.1, 0.15) is 30.5 Å². The largest absolute Gasteiger partial charge is 0.508 e. The van der Waals surface area contributed by atoms with Gasteiger partial charge in [0.2, 0.25) is 0 Å². The highest BCUT2D eigenvalue weighted by Gasteiger charge is 2.15. The van der Waals surface area contributed by atoms with Crippen LogP contribution in [0.25, 0.3) is 22.3 Å². The molecule has 1 N–H and O–H groups in total. The van der Waals surface area contributed by atoms with Crippen molar-refractivity contribution < 1.29 is 14.6 Å². The Labute approximate surface area is 370 Å². The van der Waals surface area contributed by atoms with Crippen molar-refractivity contribution in [2.75, 3.05) is 54.5 Å². The summed E-state index contributed by atoms with van der Waals surface area (Å²) in [5.74, 6) is 2.06. The number of allylic oxidation sites excluding steroid dienone is 2. The second-order valence-corrected chi connectivity index (χ2v) is 14.4. The van der Waals surface area contributed by atoms with Gasteiger partial charge in [0.15, 0.2) is 0 Å². The molecule has 6 rings (SSSR count). The van der Waals surface area contributed by atoms with Crippen LogP contribution < -0.4 is 9.47 Å². The lowest BCUT2D eigenvalue weighted by Crippen LogP contribution is -2.19. The lowest BCUT2D eigenvalue weighted by Gasteiger charge is -2.17. The van der Waals surface area contributed by atoms with E-state index < -0.39 is 0 Å². The van der Waals surface area contributed by atoms with Gasteiger partial charge < -0.3 is 24.4 Å². The number of hydrogen-bond donors (Lipinski definition) is 1. The Morgan fingerprint density at radius 3 is 0.967 bits per heavy atom. The zero-order chi connectivity index (χ0) is 40.4. The number of phenols is 1. The van der Waals surface area contributed by atoms with Crippen LogP contribution >= 0.6 is 0 Å². The van der Waals surface area contributed by atoms with Crippen LogP contribution in [-0.4, -0.2) is 69.4 Å². The molecule has 0 spiro atoms. The monoisotopic (exact) mass is 823 g/mol. The number of aromatic hydroxyl groups is 1. The Bertz CT molecular complexity index is 2120. The summed E-state index contributed by atoms with van der Waals surface area (Å²) in [5, 5.41) is 9.74. The van der Waals surface area contributed by atoms with Crippen molar-refractivity contribution in [3.8, 4) is 17.2 Å². The maximum Gasteiger partial charge on any atom is 0.119 e. The van der Waals surface area contributed by atoms with E-state index >= 15 is 0 Å². The zero-order valence-electron chi connectivity index (χ0n) is 34.5. The van der Waals surface area contributed by atoms with Crippen molar-refractivity contribution in [3.63, 3.8) is 0 Å². The molecule has 0 fully saturated rings. The lowest BCUT2D eigenvalue weighted by molar-refractivity contribution is 0.261. The van der Waals surface area contributed by atoms with Crippen molar-refractivity contribution in [1.82, 2.24) is 9.80 Å². The van der Waals surface area contributed by atoms with Crippen LogP contribution in [0.5, 0.6) is 17.2 Å². The second-order valence-electron chi connectivity index (χ2n) is 14.4. The first kappa shape index (κ1) is 53.1. The molecule has 0 heterocycles. The molecule has 5 nitrogen and oxygen atoms in total. The number of rotatable bonds is 16. The Hall–Kier alpha value is -5.88. The zero-order valence-corrected chi connectivity index (χ0v) is 34.5. The second kappa shape index (κ2) is 27.8. The van der Waals surface area contributed by atoms with Crippen LogP contribution in [0.4, 0.5) is 0 Å². The molecule has 0 radical (unpaired) electrons. The lowest BCUT2D eigenvalue weighted by atomic mass is 9.88. The average molecular weight is 823 g/mol. The normalized spacial score (nSPS) is 11.2. The summed E-state index contributed by atoms with van der Waals surface area (Å²) in [5.41, 5.74) is 12.3. The first-order chi connectivity index (χ1) is 27.8. The van der Waals surface area contributed by atoms with Gasteiger partial charge in [0.25, 0.3) is 0 Å². The first-order valence-corrected chi connectivity index (χ1v) is 19.9. The minimum Gasteiger partial charge on any atom is -0.508 e. The fourth-order valence-electron chi connectivity index (χ4n) is 6.72. The Kier molecular flexibility index (Phi) is 24.2. The molecule has 0 unspecified atom stereocenters. The van der Waals surface area contributed by atoms with Crippen molar-refractivity contribution in [2.45, 2.75) is 56.4 Å². The van der Waals surface area contributed by atoms with E-state index in [2.05, 4.69) is 159 Å². The molecule has 0 aliphatic heterocycles. The molecule has 6 aromatic carbocycles. The minimum absolute atomic E-state index is 0. The number of benzene rings is 6. The molecule has 6 aromatic rings. The van der Waals surface area contributed by atoms with Gasteiger partial charge in [-0.15, -0.1) is 0 Å². The summed E-state index contributed by atoms with van der Waals surface area (Å²) in [6.45, 7) is 7.56. The molecular formula is C56H74N2O3. The van der Waals surface area contributed by atoms with Gasteiger partial charge in [-0.25, -0.2) is 0 Å². The molecule has 326 valence electrons. The number of nitrogens with zero attached hydrogens (tertiary/aromatic N) is 2. The fraction of sp³-hybridized carbons (Fsp3) is 0.286. The standard InChI is InChI=1S/C26H29NO2.C26H29NO.4CH4/c1-4-25(20-8-6-5-7-9-20)26(21-10-14-23(28)15-11-21)22-12-16-24(17-13-22)29-19-18-27(2)3;1-4-25(21-11-7-5-8-12-21)26(22-13-9-6-10-14-22)23-15-17-24(18-16-23)28-20-19-27(2)3;;;;/h5-17,28H,4,18-19H2,1-3H3;5-18H,4,19-20H2,1-3H3;4*1H4/b2*26-25-;;;;. The summed E-state index contributed by atoms with van der Waals surface area (Å²) in [6.07, 6.45) is 1.87. The van der Waals surface area contributed by atoms with E-state index in [1.54, 1.807) is 12.1 Å². The molecule has 61 heavy (non-hydrogen) atoms. The van der Waals surface area contributed by atoms with E-state index in [4.69, 9.17) is 9.47 Å². The SMILES string of the molecule is C.C.C.C.CC/C(=C(\c1ccc(O)cc1)c1ccc(OCCN(C)C)cc1)c1ccccc1.CC/C(=C(\c1ccccc1)c1ccc(OCCN(C)C)cc1)c1ccccc1. The first-order valence-electron chi connectivity index (χ1n) is 19.9. The van der Waals surface area contributed by atoms with Crippen molar-refractivity contribution in [1.29, 1.82) is 0 Å². The smallest absolute Gasteiger partial charge is 0.119 e. The van der Waals surface area contributed by atoms with Crippen LogP contribution in [0, 0.1) is 0 Å². The molecule has 0 amide bonds. The molecular weight excluding hydrogens is 749 g/mol. The van der Waals surface area contributed by atoms with E-state index in [-0.39, 0.29) is 35.5 Å². The van der Waals surface area contributed by atoms with Crippen LogP contribution in [0.1, 0.15) is 89.8 Å². The molecule has 5 heteroatoms. The van der Waals surface area contributed by atoms with Crippen molar-refractivity contribution in [2.24, 2.45) is 0 Å². The maximum absolute atomic E-state index is 9.74. The topological polar surface area (TPSA) is 45.2 Å². The van der Waals surface area contributed by atoms with E-state index in [1.807, 2.05) is 44.4 Å². The van der Waals surface area contributed by atoms with Gasteiger partial charge in [-0.1, -0.05) is 171 Å². The van der Waals surface area contributed by atoms with Gasteiger partial charge in [-0.05, 0) is 133 Å². The summed E-state index contributed by atoms with van der Waals surface area (Å²) in [4.78, 5) is 4.23. The molecule has 0 saturated carbocycles. The molecule has 0 aromatic heterocycles. The summed E-state index contributed by atoms with van der Waals surface area (Å²) in [6, 6.07) is 56.0. The highest BCUT2D eigenvalue weighted by Crippen LogP contribution is 2.37. The number of hydrogen-bond acceptors (Lipinski definition) is 5. The molecule has 0 aliphatic rings. The third kappa shape index (κ3) is 15.9. The van der Waals surface area contributed by atoms with Crippen LogP contribution in [0.15, 0.2) is 164 Å². The predicted octanol–water partition coefficient (Wildman–Crippen LogP) is 14.2. The molecule has 0 aliphatic carbocycles. The Balaban J connectivity index is 0.000000573. The Morgan fingerprint density at radius 2 is 0.672 bits per heavy atom. The van der Waals surface area contributed by atoms with E-state index in [0.717, 1.165) is 48.6 Å². The number of likely N-dealkylation sites (N-methyl/N-ethyl adjacent to an activating group) is 2. The molecule has 0 saturated heterocycles. The van der Waals surface area contributed by atoms with Crippen molar-refractivity contribution in [3.05, 3.63) is 197 Å². The van der Waals surface area contributed by atoms with Crippen LogP contribution in [-0.2, 0) is 0 Å². The quantitative estimate of drug-likeness (QED) is 0.0985. The summed E-state index contributed by atoms with van der Waals surface area (Å²) in [7, 11) is 8.19. The highest BCUT2D eigenvalue weighted by atomic mass is 16.5. The Morgan fingerprint density at radius 1 is 0.393 bits per heavy atom. The number of ether oxygens (including phenoxy) is 2. The predicted molar refractivity (Wildman–Crippen MR) is 268 cm³/mol. The van der Waals surface area contributed by atoms with E-state index in [1.165, 1.54) is 44.5 Å². The number of phenolic OH excluding ortho intramolecular Hbond substituents is 1. The van der Waals surface area contributed by atoms with E-state index in [9.17, 15) is 5.11 Å². The molecule has 0 bridgehead atoms. The van der Waals surface area contributed by atoms with Crippen molar-refractivity contribution >= 4 is 22.3 Å². The third-order valence-corrected chi connectivity index (χ3v) is 9.67. The van der Waals surface area contributed by atoms with Gasteiger partial charge in [0, 0.05) is 13.1 Å². The van der Waals surface area contributed by atoms with Gasteiger partial charge in [-0.3, -0.25) is 0 Å². The third-order valence-electron chi connectivity index (χ3n) is 9.67. The van der Waals surface area contributed by atoms with Gasteiger partial charge in [-0.2, -0.15) is 0 Å². The molecule has 0 atom stereocenters. The highest BCUT2D eigenvalue weighted by molar-refractivity contribution is 5.99. The minimum atomic E-state index is 0. The average Bonchev–Trinajstić information content (AvgIpc) is 3.24. The fourth-order valence-corrected chi connectivity index (χ4v) is 6.72. The van der Waals surface area contributed by atoms with Gasteiger partial charge in [0.05, 0.1) is 0 Å².